The van der Waals surface area contributed by atoms with Crippen molar-refractivity contribution in [2.24, 2.45) is 5.92 Å². The molecule has 1 aromatic carbocycles. The Hall–Kier alpha value is -0.940. The van der Waals surface area contributed by atoms with Gasteiger partial charge in [0, 0.05) is 0 Å². The number of hydrogen-bond donors (Lipinski definition) is 1. The first-order valence-electron chi connectivity index (χ1n) is 6.16. The van der Waals surface area contributed by atoms with E-state index in [2.05, 4.69) is 0 Å². The van der Waals surface area contributed by atoms with E-state index >= 15 is 0 Å². The van der Waals surface area contributed by atoms with Gasteiger partial charge in [-0.3, -0.25) is 0 Å². The fourth-order valence-electron chi connectivity index (χ4n) is 2.47. The molecule has 1 aliphatic carbocycles. The molecule has 2 atom stereocenters. The van der Waals surface area contributed by atoms with Gasteiger partial charge in [-0.1, -0.05) is 18.6 Å². The van der Waals surface area contributed by atoms with Gasteiger partial charge in [-0.15, -0.1) is 0 Å². The minimum atomic E-state index is -3.59. The van der Waals surface area contributed by atoms with Gasteiger partial charge in [0.15, 0.2) is 9.84 Å². The second-order valence-corrected chi connectivity index (χ2v) is 6.87. The van der Waals surface area contributed by atoms with Crippen LogP contribution >= 0.6 is 0 Å². The number of rotatable bonds is 4. The zero-order chi connectivity index (χ0) is 13.2. The first kappa shape index (κ1) is 13.5. The van der Waals surface area contributed by atoms with Crippen molar-refractivity contribution >= 4 is 9.84 Å². The monoisotopic (exact) mass is 272 g/mol. The van der Waals surface area contributed by atoms with Crippen molar-refractivity contribution in [1.29, 1.82) is 0 Å². The van der Waals surface area contributed by atoms with E-state index in [1.54, 1.807) is 0 Å². The minimum Gasteiger partial charge on any atom is -0.393 e. The molecule has 0 saturated heterocycles. The number of hydrogen-bond acceptors (Lipinski definition) is 3. The molecule has 1 N–H and O–H groups in total. The molecule has 3 nitrogen and oxygen atoms in total. The Morgan fingerprint density at radius 2 is 2.00 bits per heavy atom. The Kier molecular flexibility index (Phi) is 4.02. The third-order valence-corrected chi connectivity index (χ3v) is 5.32. The molecule has 100 valence electrons. The fraction of sp³-hybridized carbons (Fsp3) is 0.538. The molecular formula is C13H17FO3S. The van der Waals surface area contributed by atoms with Crippen molar-refractivity contribution in [1.82, 2.24) is 0 Å². The lowest BCUT2D eigenvalue weighted by Gasteiger charge is -2.14. The molecular weight excluding hydrogens is 255 g/mol. The SMILES string of the molecule is O=S(=O)(CCC1CCCC1O)c1ccccc1F. The summed E-state index contributed by atoms with van der Waals surface area (Å²) in [6.07, 6.45) is 2.53. The molecule has 18 heavy (non-hydrogen) atoms. The number of halogens is 1. The normalized spacial score (nSPS) is 24.3. The van der Waals surface area contributed by atoms with Crippen LogP contribution in [0.1, 0.15) is 25.7 Å². The Balaban J connectivity index is 2.06. The molecule has 1 aliphatic rings. The van der Waals surface area contributed by atoms with Gasteiger partial charge in [0.2, 0.25) is 0 Å². The predicted octanol–water partition coefficient (Wildman–Crippen LogP) is 2.15. The van der Waals surface area contributed by atoms with E-state index < -0.39 is 21.8 Å². The summed E-state index contributed by atoms with van der Waals surface area (Å²) in [5.74, 6) is -0.772. The second kappa shape index (κ2) is 5.36. The van der Waals surface area contributed by atoms with E-state index in [0.717, 1.165) is 25.3 Å². The number of aliphatic hydroxyl groups excluding tert-OH is 1. The molecule has 1 saturated carbocycles. The first-order valence-corrected chi connectivity index (χ1v) is 7.81. The van der Waals surface area contributed by atoms with E-state index in [1.165, 1.54) is 18.2 Å². The van der Waals surface area contributed by atoms with E-state index in [9.17, 15) is 17.9 Å². The standard InChI is InChI=1S/C13H17FO3S/c14-11-5-1-2-7-13(11)18(16,17)9-8-10-4-3-6-12(10)15/h1-2,5,7,10,12,15H,3-4,6,8-9H2. The van der Waals surface area contributed by atoms with Crippen molar-refractivity contribution < 1.29 is 17.9 Å². The Labute approximate surface area is 107 Å². The quantitative estimate of drug-likeness (QED) is 0.913. The summed E-state index contributed by atoms with van der Waals surface area (Å²) >= 11 is 0. The molecule has 0 spiro atoms. The Morgan fingerprint density at radius 3 is 2.61 bits per heavy atom. The molecule has 0 aliphatic heterocycles. The first-order chi connectivity index (χ1) is 8.50. The average molecular weight is 272 g/mol. The van der Waals surface area contributed by atoms with Crippen molar-refractivity contribution in [3.8, 4) is 0 Å². The van der Waals surface area contributed by atoms with E-state index in [1.807, 2.05) is 0 Å². The Morgan fingerprint density at radius 1 is 1.28 bits per heavy atom. The zero-order valence-electron chi connectivity index (χ0n) is 10.0. The highest BCUT2D eigenvalue weighted by molar-refractivity contribution is 7.91. The summed E-state index contributed by atoms with van der Waals surface area (Å²) in [5, 5.41) is 9.64. The topological polar surface area (TPSA) is 54.4 Å². The number of aliphatic hydroxyl groups is 1. The molecule has 1 aromatic rings. The van der Waals surface area contributed by atoms with Gasteiger partial charge in [-0.25, -0.2) is 12.8 Å². The highest BCUT2D eigenvalue weighted by Gasteiger charge is 2.28. The lowest BCUT2D eigenvalue weighted by molar-refractivity contribution is 0.131. The van der Waals surface area contributed by atoms with Gasteiger partial charge in [-0.2, -0.15) is 0 Å². The summed E-state index contributed by atoms with van der Waals surface area (Å²) in [6, 6.07) is 5.42. The lowest BCUT2D eigenvalue weighted by Crippen LogP contribution is -2.18. The largest absolute Gasteiger partial charge is 0.393 e. The van der Waals surface area contributed by atoms with Gasteiger partial charge in [0.05, 0.1) is 11.9 Å². The molecule has 0 aromatic heterocycles. The van der Waals surface area contributed by atoms with Crippen LogP contribution in [0.4, 0.5) is 4.39 Å². The molecule has 0 amide bonds. The van der Waals surface area contributed by atoms with Crippen LogP contribution in [-0.4, -0.2) is 25.4 Å². The van der Waals surface area contributed by atoms with Crippen LogP contribution in [0, 0.1) is 11.7 Å². The van der Waals surface area contributed by atoms with Crippen molar-refractivity contribution in [3.63, 3.8) is 0 Å². The lowest BCUT2D eigenvalue weighted by atomic mass is 10.0. The predicted molar refractivity (Wildman–Crippen MR) is 66.4 cm³/mol. The van der Waals surface area contributed by atoms with Crippen LogP contribution in [0.5, 0.6) is 0 Å². The highest BCUT2D eigenvalue weighted by atomic mass is 32.2. The van der Waals surface area contributed by atoms with E-state index in [-0.39, 0.29) is 16.6 Å². The summed E-state index contributed by atoms with van der Waals surface area (Å²) in [4.78, 5) is -0.238. The van der Waals surface area contributed by atoms with E-state index in [0.29, 0.717) is 6.42 Å². The maximum absolute atomic E-state index is 13.4. The van der Waals surface area contributed by atoms with Crippen molar-refractivity contribution in [2.75, 3.05) is 5.75 Å². The maximum Gasteiger partial charge on any atom is 0.181 e. The van der Waals surface area contributed by atoms with E-state index in [4.69, 9.17) is 0 Å². The average Bonchev–Trinajstić information content (AvgIpc) is 2.73. The number of sulfone groups is 1. The summed E-state index contributed by atoms with van der Waals surface area (Å²) in [5.41, 5.74) is 0. The highest BCUT2D eigenvalue weighted by Crippen LogP contribution is 2.29. The molecule has 0 radical (unpaired) electrons. The second-order valence-electron chi connectivity index (χ2n) is 4.80. The molecule has 2 rings (SSSR count). The molecule has 5 heteroatoms. The Bertz CT molecular complexity index is 513. The summed E-state index contributed by atoms with van der Waals surface area (Å²) in [6.45, 7) is 0. The third kappa shape index (κ3) is 2.90. The van der Waals surface area contributed by atoms with Crippen LogP contribution < -0.4 is 0 Å². The number of benzene rings is 1. The zero-order valence-corrected chi connectivity index (χ0v) is 10.9. The van der Waals surface area contributed by atoms with Gasteiger partial charge in [0.1, 0.15) is 10.7 Å². The van der Waals surface area contributed by atoms with Crippen LogP contribution in [-0.2, 0) is 9.84 Å². The van der Waals surface area contributed by atoms with Gasteiger partial charge in [-0.05, 0) is 37.3 Å². The van der Waals surface area contributed by atoms with Crippen LogP contribution in [0.2, 0.25) is 0 Å². The molecule has 2 unspecified atom stereocenters. The maximum atomic E-state index is 13.4. The van der Waals surface area contributed by atoms with Gasteiger partial charge < -0.3 is 5.11 Å². The van der Waals surface area contributed by atoms with Crippen molar-refractivity contribution in [3.05, 3.63) is 30.1 Å². The van der Waals surface area contributed by atoms with Crippen LogP contribution in [0.15, 0.2) is 29.2 Å². The molecule has 1 fully saturated rings. The van der Waals surface area contributed by atoms with Crippen LogP contribution in [0.3, 0.4) is 0 Å². The summed E-state index contributed by atoms with van der Waals surface area (Å²) in [7, 11) is -3.59. The summed E-state index contributed by atoms with van der Waals surface area (Å²) < 4.78 is 37.4. The minimum absolute atomic E-state index is 0.0338. The molecule has 0 bridgehead atoms. The van der Waals surface area contributed by atoms with Gasteiger partial charge in [0.25, 0.3) is 0 Å². The van der Waals surface area contributed by atoms with Crippen molar-refractivity contribution in [2.45, 2.75) is 36.7 Å². The van der Waals surface area contributed by atoms with Crippen LogP contribution in [0.25, 0.3) is 0 Å². The fourth-order valence-corrected chi connectivity index (χ4v) is 3.95. The molecule has 0 heterocycles. The smallest absolute Gasteiger partial charge is 0.181 e. The van der Waals surface area contributed by atoms with Gasteiger partial charge >= 0.3 is 0 Å². The third-order valence-electron chi connectivity index (χ3n) is 3.55.